The lowest BCUT2D eigenvalue weighted by Crippen LogP contribution is -2.71. The summed E-state index contributed by atoms with van der Waals surface area (Å²) in [7, 11) is 0. The number of benzene rings is 1. The predicted octanol–water partition coefficient (Wildman–Crippen LogP) is 2.10. The molecule has 4 nitrogen and oxygen atoms in total. The zero-order chi connectivity index (χ0) is 14.9. The number of ether oxygens (including phenoxy) is 1. The second-order valence-electron chi connectivity index (χ2n) is 5.45. The van der Waals surface area contributed by atoms with Crippen LogP contribution in [-0.4, -0.2) is 36.0 Å². The Morgan fingerprint density at radius 3 is 2.30 bits per heavy atom. The van der Waals surface area contributed by atoms with Crippen LogP contribution in [0.2, 0.25) is 0 Å². The molecule has 2 rings (SSSR count). The van der Waals surface area contributed by atoms with Gasteiger partial charge >= 0.3 is 6.61 Å². The van der Waals surface area contributed by atoms with Crippen LogP contribution in [0.4, 0.5) is 8.78 Å². The molecule has 1 aromatic carbocycles. The van der Waals surface area contributed by atoms with Gasteiger partial charge in [0, 0.05) is 18.7 Å². The summed E-state index contributed by atoms with van der Waals surface area (Å²) in [4.78, 5) is 13.8. The van der Waals surface area contributed by atoms with E-state index in [0.717, 1.165) is 0 Å². The number of carbonyl (C=O) groups is 1. The van der Waals surface area contributed by atoms with E-state index in [4.69, 9.17) is 5.73 Å². The van der Waals surface area contributed by atoms with Crippen molar-refractivity contribution in [2.45, 2.75) is 26.0 Å². The molecule has 0 radical (unpaired) electrons. The van der Waals surface area contributed by atoms with Crippen LogP contribution < -0.4 is 10.5 Å². The topological polar surface area (TPSA) is 55.6 Å². The Kier molecular flexibility index (Phi) is 3.94. The van der Waals surface area contributed by atoms with Crippen LogP contribution in [0.25, 0.3) is 0 Å². The third kappa shape index (κ3) is 2.90. The molecule has 0 bridgehead atoms. The molecule has 1 aliphatic rings. The highest BCUT2D eigenvalue weighted by Gasteiger charge is 2.44. The van der Waals surface area contributed by atoms with Gasteiger partial charge in [-0.2, -0.15) is 8.78 Å². The Labute approximate surface area is 116 Å². The van der Waals surface area contributed by atoms with Crippen LogP contribution in [0.1, 0.15) is 24.2 Å². The molecule has 1 aromatic rings. The molecular weight excluding hydrogens is 266 g/mol. The summed E-state index contributed by atoms with van der Waals surface area (Å²) < 4.78 is 28.3. The molecule has 110 valence electrons. The summed E-state index contributed by atoms with van der Waals surface area (Å²) in [5, 5.41) is 0. The van der Waals surface area contributed by atoms with E-state index in [1.807, 2.05) is 13.8 Å². The number of alkyl halides is 2. The van der Waals surface area contributed by atoms with Crippen LogP contribution in [-0.2, 0) is 0 Å². The van der Waals surface area contributed by atoms with E-state index in [0.29, 0.717) is 24.6 Å². The number of hydrogen-bond acceptors (Lipinski definition) is 3. The summed E-state index contributed by atoms with van der Waals surface area (Å²) >= 11 is 0. The van der Waals surface area contributed by atoms with Gasteiger partial charge < -0.3 is 15.4 Å². The van der Waals surface area contributed by atoms with Crippen molar-refractivity contribution in [2.75, 3.05) is 13.1 Å². The molecule has 0 saturated carbocycles. The fourth-order valence-corrected chi connectivity index (χ4v) is 2.13. The maximum Gasteiger partial charge on any atom is 0.387 e. The number of carbonyl (C=O) groups excluding carboxylic acids is 1. The van der Waals surface area contributed by atoms with Crippen molar-refractivity contribution in [2.24, 2.45) is 11.7 Å². The molecule has 0 aromatic heterocycles. The third-order valence-corrected chi connectivity index (χ3v) is 3.73. The van der Waals surface area contributed by atoms with Crippen molar-refractivity contribution < 1.29 is 18.3 Å². The van der Waals surface area contributed by atoms with Crippen molar-refractivity contribution in [1.82, 2.24) is 4.90 Å². The van der Waals surface area contributed by atoms with Crippen LogP contribution in [0.15, 0.2) is 24.3 Å². The fraction of sp³-hybridized carbons (Fsp3) is 0.500. The molecule has 20 heavy (non-hydrogen) atoms. The van der Waals surface area contributed by atoms with Gasteiger partial charge in [-0.25, -0.2) is 0 Å². The minimum Gasteiger partial charge on any atom is -0.435 e. The number of hydrogen-bond donors (Lipinski definition) is 1. The Hall–Kier alpha value is -1.69. The number of nitrogens with zero attached hydrogens (tertiary/aromatic N) is 1. The van der Waals surface area contributed by atoms with E-state index in [9.17, 15) is 13.6 Å². The van der Waals surface area contributed by atoms with Gasteiger partial charge in [-0.1, -0.05) is 13.8 Å². The highest BCUT2D eigenvalue weighted by Crippen LogP contribution is 2.27. The monoisotopic (exact) mass is 284 g/mol. The number of nitrogens with two attached hydrogens (primary N) is 1. The molecule has 1 saturated heterocycles. The summed E-state index contributed by atoms with van der Waals surface area (Å²) in [5.41, 5.74) is 6.25. The Morgan fingerprint density at radius 1 is 1.30 bits per heavy atom. The molecule has 2 N–H and O–H groups in total. The molecule has 0 aliphatic carbocycles. The van der Waals surface area contributed by atoms with Crippen molar-refractivity contribution in [3.63, 3.8) is 0 Å². The highest BCUT2D eigenvalue weighted by atomic mass is 19.3. The molecule has 1 fully saturated rings. The van der Waals surface area contributed by atoms with Gasteiger partial charge in [0.15, 0.2) is 0 Å². The first-order valence-electron chi connectivity index (χ1n) is 6.45. The molecule has 0 atom stereocenters. The van der Waals surface area contributed by atoms with Crippen molar-refractivity contribution in [3.05, 3.63) is 29.8 Å². The smallest absolute Gasteiger partial charge is 0.387 e. The Bertz CT molecular complexity index is 482. The summed E-state index contributed by atoms with van der Waals surface area (Å²) in [6.07, 6.45) is 0. The highest BCUT2D eigenvalue weighted by molar-refractivity contribution is 5.95. The lowest BCUT2D eigenvalue weighted by atomic mass is 9.80. The lowest BCUT2D eigenvalue weighted by molar-refractivity contribution is -0.0498. The maximum atomic E-state index is 12.2. The molecule has 1 heterocycles. The quantitative estimate of drug-likeness (QED) is 0.921. The van der Waals surface area contributed by atoms with Crippen molar-refractivity contribution in [1.29, 1.82) is 0 Å². The third-order valence-electron chi connectivity index (χ3n) is 3.73. The second-order valence-corrected chi connectivity index (χ2v) is 5.45. The summed E-state index contributed by atoms with van der Waals surface area (Å²) in [5.74, 6) is 0.194. The van der Waals surface area contributed by atoms with Gasteiger partial charge in [0.1, 0.15) is 5.75 Å². The normalized spacial score (nSPS) is 17.2. The standard InChI is InChI=1S/C14H18F2N2O2/c1-9(2)14(17)7-18(8-14)12(19)10-3-5-11(6-4-10)20-13(15)16/h3-6,9,13H,7-8,17H2,1-2H3. The first-order valence-corrected chi connectivity index (χ1v) is 6.45. The Balaban J connectivity index is 1.98. The first kappa shape index (κ1) is 14.7. The molecule has 6 heteroatoms. The summed E-state index contributed by atoms with van der Waals surface area (Å²) in [6, 6.07) is 5.67. The Morgan fingerprint density at radius 2 is 1.85 bits per heavy atom. The minimum atomic E-state index is -2.86. The fourth-order valence-electron chi connectivity index (χ4n) is 2.13. The average molecular weight is 284 g/mol. The molecular formula is C14H18F2N2O2. The second kappa shape index (κ2) is 5.36. The number of amides is 1. The van der Waals surface area contributed by atoms with E-state index in [2.05, 4.69) is 4.74 Å². The molecule has 1 aliphatic heterocycles. The van der Waals surface area contributed by atoms with E-state index >= 15 is 0 Å². The van der Waals surface area contributed by atoms with E-state index in [1.54, 1.807) is 4.90 Å². The van der Waals surface area contributed by atoms with Gasteiger partial charge in [0.2, 0.25) is 0 Å². The van der Waals surface area contributed by atoms with Gasteiger partial charge in [0.25, 0.3) is 5.91 Å². The van der Waals surface area contributed by atoms with Crippen molar-refractivity contribution in [3.8, 4) is 5.75 Å². The lowest BCUT2D eigenvalue weighted by Gasteiger charge is -2.50. The molecule has 0 unspecified atom stereocenters. The van der Waals surface area contributed by atoms with Gasteiger partial charge in [-0.15, -0.1) is 0 Å². The van der Waals surface area contributed by atoms with Gasteiger partial charge in [0.05, 0.1) is 5.54 Å². The number of halogens is 2. The van der Waals surface area contributed by atoms with Crippen LogP contribution in [0, 0.1) is 5.92 Å². The predicted molar refractivity (Wildman–Crippen MR) is 70.7 cm³/mol. The minimum absolute atomic E-state index is 0.0375. The first-order chi connectivity index (χ1) is 9.32. The van der Waals surface area contributed by atoms with Crippen molar-refractivity contribution >= 4 is 5.91 Å². The maximum absolute atomic E-state index is 12.2. The van der Waals surface area contributed by atoms with E-state index < -0.39 is 6.61 Å². The summed E-state index contributed by atoms with van der Waals surface area (Å²) in [6.45, 7) is 2.21. The van der Waals surface area contributed by atoms with Crippen LogP contribution in [0.5, 0.6) is 5.75 Å². The zero-order valence-electron chi connectivity index (χ0n) is 11.5. The van der Waals surface area contributed by atoms with E-state index in [-0.39, 0.29) is 17.2 Å². The largest absolute Gasteiger partial charge is 0.435 e. The van der Waals surface area contributed by atoms with E-state index in [1.165, 1.54) is 24.3 Å². The number of rotatable bonds is 4. The average Bonchev–Trinajstić information content (AvgIpc) is 2.34. The number of likely N-dealkylation sites (tertiary alicyclic amines) is 1. The van der Waals surface area contributed by atoms with Gasteiger partial charge in [-0.3, -0.25) is 4.79 Å². The van der Waals surface area contributed by atoms with Crippen LogP contribution >= 0.6 is 0 Å². The zero-order valence-corrected chi connectivity index (χ0v) is 11.5. The van der Waals surface area contributed by atoms with Gasteiger partial charge in [-0.05, 0) is 30.2 Å². The van der Waals surface area contributed by atoms with Crippen LogP contribution in [0.3, 0.4) is 0 Å². The molecule has 0 spiro atoms. The SMILES string of the molecule is CC(C)C1(N)CN(C(=O)c2ccc(OC(F)F)cc2)C1. The molecule has 1 amide bonds.